The van der Waals surface area contributed by atoms with Crippen molar-refractivity contribution in [2.75, 3.05) is 11.9 Å². The number of urea groups is 1. The van der Waals surface area contributed by atoms with E-state index < -0.39 is 5.60 Å². The smallest absolute Gasteiger partial charge is 0.320 e. The second kappa shape index (κ2) is 6.10. The Morgan fingerprint density at radius 1 is 1.55 bits per heavy atom. The molecule has 0 aromatic carbocycles. The molecule has 0 bridgehead atoms. The van der Waals surface area contributed by atoms with E-state index in [0.717, 1.165) is 30.5 Å². The zero-order chi connectivity index (χ0) is 15.6. The molecule has 0 aliphatic heterocycles. The Morgan fingerprint density at radius 2 is 2.36 bits per heavy atom. The van der Waals surface area contributed by atoms with Gasteiger partial charge in [-0.2, -0.15) is 16.4 Å². The number of thiophene rings is 1. The van der Waals surface area contributed by atoms with E-state index in [1.807, 2.05) is 22.9 Å². The lowest BCUT2D eigenvalue weighted by molar-refractivity contribution is -0.0388. The second-order valence-corrected chi connectivity index (χ2v) is 6.54. The van der Waals surface area contributed by atoms with Gasteiger partial charge in [0, 0.05) is 30.6 Å². The van der Waals surface area contributed by atoms with Gasteiger partial charge < -0.3 is 10.4 Å². The predicted molar refractivity (Wildman–Crippen MR) is 87.0 cm³/mol. The van der Waals surface area contributed by atoms with E-state index in [1.165, 1.54) is 0 Å². The van der Waals surface area contributed by atoms with Crippen molar-refractivity contribution in [3.8, 4) is 11.3 Å². The maximum atomic E-state index is 11.9. The van der Waals surface area contributed by atoms with Gasteiger partial charge in [-0.1, -0.05) is 0 Å². The third-order valence-corrected chi connectivity index (χ3v) is 4.78. The lowest BCUT2D eigenvalue weighted by Gasteiger charge is -2.36. The van der Waals surface area contributed by atoms with Crippen molar-refractivity contribution in [1.29, 1.82) is 0 Å². The summed E-state index contributed by atoms with van der Waals surface area (Å²) in [6.45, 7) is 0.470. The topological polar surface area (TPSA) is 79.2 Å². The Labute approximate surface area is 133 Å². The molecule has 1 fully saturated rings. The van der Waals surface area contributed by atoms with Crippen molar-refractivity contribution in [3.63, 3.8) is 0 Å². The highest BCUT2D eigenvalue weighted by Crippen LogP contribution is 2.34. The van der Waals surface area contributed by atoms with Crippen molar-refractivity contribution >= 4 is 23.2 Å². The summed E-state index contributed by atoms with van der Waals surface area (Å²) in [5, 5.41) is 23.9. The van der Waals surface area contributed by atoms with Crippen LogP contribution in [0.3, 0.4) is 0 Å². The molecule has 118 valence electrons. The van der Waals surface area contributed by atoms with E-state index in [4.69, 9.17) is 0 Å². The summed E-state index contributed by atoms with van der Waals surface area (Å²) < 4.78 is 1.64. The van der Waals surface area contributed by atoms with Crippen LogP contribution in [0, 0.1) is 0 Å². The minimum Gasteiger partial charge on any atom is -0.390 e. The van der Waals surface area contributed by atoms with E-state index in [9.17, 15) is 9.90 Å². The van der Waals surface area contributed by atoms with Crippen molar-refractivity contribution in [3.05, 3.63) is 22.9 Å². The summed E-state index contributed by atoms with van der Waals surface area (Å²) in [7, 11) is 1.79. The number of aryl methyl sites for hydroxylation is 1. The highest BCUT2D eigenvalue weighted by atomic mass is 32.1. The molecular formula is C15H20N4O2S. The largest absolute Gasteiger partial charge is 0.390 e. The van der Waals surface area contributed by atoms with E-state index >= 15 is 0 Å². The summed E-state index contributed by atoms with van der Waals surface area (Å²) in [6, 6.07) is 3.57. The van der Waals surface area contributed by atoms with Crippen LogP contribution in [-0.2, 0) is 7.05 Å². The molecule has 1 aliphatic carbocycles. The summed E-state index contributed by atoms with van der Waals surface area (Å²) in [4.78, 5) is 11.9. The Hall–Kier alpha value is -1.86. The number of carbonyl (C=O) groups excluding carboxylic acids is 1. The number of hydrogen-bond acceptors (Lipinski definition) is 4. The fourth-order valence-corrected chi connectivity index (χ4v) is 3.19. The summed E-state index contributed by atoms with van der Waals surface area (Å²) in [5.41, 5.74) is 1.32. The first kappa shape index (κ1) is 15.1. The van der Waals surface area contributed by atoms with Crippen LogP contribution in [0.25, 0.3) is 11.3 Å². The van der Waals surface area contributed by atoms with Crippen molar-refractivity contribution in [2.45, 2.75) is 31.3 Å². The van der Waals surface area contributed by atoms with Crippen LogP contribution in [0.1, 0.15) is 25.7 Å². The van der Waals surface area contributed by atoms with Crippen LogP contribution in [0.5, 0.6) is 0 Å². The van der Waals surface area contributed by atoms with Gasteiger partial charge in [0.2, 0.25) is 0 Å². The van der Waals surface area contributed by atoms with Crippen molar-refractivity contribution in [1.82, 2.24) is 15.1 Å². The van der Waals surface area contributed by atoms with Crippen LogP contribution >= 0.6 is 11.3 Å². The molecule has 1 aliphatic rings. The molecule has 3 N–H and O–H groups in total. The van der Waals surface area contributed by atoms with Gasteiger partial charge in [0.05, 0.1) is 11.3 Å². The number of amides is 2. The molecule has 22 heavy (non-hydrogen) atoms. The number of hydrogen-bond donors (Lipinski definition) is 3. The minimum atomic E-state index is -0.564. The Kier molecular flexibility index (Phi) is 4.17. The van der Waals surface area contributed by atoms with Gasteiger partial charge >= 0.3 is 6.03 Å². The highest BCUT2D eigenvalue weighted by Gasteiger charge is 2.33. The SMILES string of the molecule is Cn1nc(-c2ccsc2)cc1NC(=O)NCCC1(O)CCC1. The zero-order valence-electron chi connectivity index (χ0n) is 12.5. The monoisotopic (exact) mass is 320 g/mol. The molecule has 2 aromatic heterocycles. The lowest BCUT2D eigenvalue weighted by Crippen LogP contribution is -2.41. The fraction of sp³-hybridized carbons (Fsp3) is 0.467. The zero-order valence-corrected chi connectivity index (χ0v) is 13.3. The first-order valence-corrected chi connectivity index (χ1v) is 8.34. The summed E-state index contributed by atoms with van der Waals surface area (Å²) in [6.07, 6.45) is 3.35. The van der Waals surface area contributed by atoms with Gasteiger partial charge in [-0.3, -0.25) is 10.00 Å². The van der Waals surface area contributed by atoms with Crippen molar-refractivity contribution in [2.24, 2.45) is 7.05 Å². The molecule has 6 nitrogen and oxygen atoms in total. The molecular weight excluding hydrogens is 300 g/mol. The quantitative estimate of drug-likeness (QED) is 0.792. The van der Waals surface area contributed by atoms with Gasteiger partial charge in [-0.15, -0.1) is 0 Å². The van der Waals surface area contributed by atoms with Crippen LogP contribution in [0.2, 0.25) is 0 Å². The van der Waals surface area contributed by atoms with E-state index in [-0.39, 0.29) is 6.03 Å². The molecule has 2 heterocycles. The number of anilines is 1. The molecule has 0 atom stereocenters. The summed E-state index contributed by atoms with van der Waals surface area (Å²) in [5.74, 6) is 0.640. The fourth-order valence-electron chi connectivity index (χ4n) is 2.54. The number of carbonyl (C=O) groups is 1. The van der Waals surface area contributed by atoms with Gasteiger partial charge in [-0.25, -0.2) is 4.79 Å². The van der Waals surface area contributed by atoms with E-state index in [0.29, 0.717) is 18.8 Å². The van der Waals surface area contributed by atoms with Gasteiger partial charge in [0.25, 0.3) is 0 Å². The standard InChI is InChI=1S/C15H20N4O2S/c1-19-13(9-12(18-19)11-3-8-22-10-11)17-14(20)16-7-6-15(21)4-2-5-15/h3,8-10,21H,2,4-7H2,1H3,(H2,16,17,20). The van der Waals surface area contributed by atoms with Crippen LogP contribution in [-0.4, -0.2) is 33.1 Å². The van der Waals surface area contributed by atoms with Gasteiger partial charge in [0.1, 0.15) is 5.82 Å². The van der Waals surface area contributed by atoms with E-state index in [2.05, 4.69) is 15.7 Å². The first-order chi connectivity index (χ1) is 10.6. The van der Waals surface area contributed by atoms with Crippen LogP contribution < -0.4 is 10.6 Å². The highest BCUT2D eigenvalue weighted by molar-refractivity contribution is 7.08. The number of aliphatic hydroxyl groups is 1. The molecule has 2 aromatic rings. The maximum Gasteiger partial charge on any atom is 0.320 e. The van der Waals surface area contributed by atoms with Crippen molar-refractivity contribution < 1.29 is 9.90 Å². The molecule has 0 saturated heterocycles. The van der Waals surface area contributed by atoms with Gasteiger partial charge in [-0.05, 0) is 37.1 Å². The predicted octanol–water partition coefficient (Wildman–Crippen LogP) is 2.58. The molecule has 3 rings (SSSR count). The van der Waals surface area contributed by atoms with Crippen LogP contribution in [0.4, 0.5) is 10.6 Å². The second-order valence-electron chi connectivity index (χ2n) is 5.76. The number of aromatic nitrogens is 2. The maximum absolute atomic E-state index is 11.9. The molecule has 0 unspecified atom stereocenters. The average molecular weight is 320 g/mol. The Morgan fingerprint density at radius 3 is 3.00 bits per heavy atom. The molecule has 7 heteroatoms. The number of rotatable bonds is 5. The average Bonchev–Trinajstić information content (AvgIpc) is 3.07. The molecule has 1 saturated carbocycles. The first-order valence-electron chi connectivity index (χ1n) is 7.40. The third-order valence-electron chi connectivity index (χ3n) is 4.10. The Bertz CT molecular complexity index is 647. The summed E-state index contributed by atoms with van der Waals surface area (Å²) >= 11 is 1.61. The van der Waals surface area contributed by atoms with Gasteiger partial charge in [0.15, 0.2) is 0 Å². The number of nitrogens with zero attached hydrogens (tertiary/aromatic N) is 2. The van der Waals surface area contributed by atoms with E-state index in [1.54, 1.807) is 23.1 Å². The Balaban J connectivity index is 1.53. The number of nitrogens with one attached hydrogen (secondary N) is 2. The normalized spacial score (nSPS) is 16.1. The lowest BCUT2D eigenvalue weighted by atomic mass is 9.78. The molecule has 0 radical (unpaired) electrons. The molecule has 0 spiro atoms. The minimum absolute atomic E-state index is 0.275. The van der Waals surface area contributed by atoms with Crippen LogP contribution in [0.15, 0.2) is 22.9 Å². The molecule has 2 amide bonds. The third kappa shape index (κ3) is 3.31.